The first-order valence-corrected chi connectivity index (χ1v) is 6.51. The number of nitrogens with two attached hydrogens (primary N) is 1. The Morgan fingerprint density at radius 2 is 2.05 bits per heavy atom. The van der Waals surface area contributed by atoms with E-state index in [9.17, 15) is 0 Å². The van der Waals surface area contributed by atoms with Crippen LogP contribution in [0, 0.1) is 0 Å². The molecule has 2 aromatic rings. The van der Waals surface area contributed by atoms with Gasteiger partial charge in [0.15, 0.2) is 0 Å². The summed E-state index contributed by atoms with van der Waals surface area (Å²) in [5.74, 6) is 6.28. The minimum atomic E-state index is 0.453. The second-order valence-electron chi connectivity index (χ2n) is 4.75. The van der Waals surface area contributed by atoms with Crippen molar-refractivity contribution < 1.29 is 4.74 Å². The van der Waals surface area contributed by atoms with Crippen molar-refractivity contribution in [3.8, 4) is 5.75 Å². The summed E-state index contributed by atoms with van der Waals surface area (Å²) < 4.78 is 5.79. The predicted molar refractivity (Wildman–Crippen MR) is 74.8 cm³/mol. The van der Waals surface area contributed by atoms with Gasteiger partial charge in [0.2, 0.25) is 0 Å². The van der Waals surface area contributed by atoms with Crippen LogP contribution in [0.15, 0.2) is 36.5 Å². The van der Waals surface area contributed by atoms with E-state index in [2.05, 4.69) is 22.5 Å². The fourth-order valence-corrected chi connectivity index (χ4v) is 2.44. The summed E-state index contributed by atoms with van der Waals surface area (Å²) in [7, 11) is 0. The molecule has 0 unspecified atom stereocenters. The molecule has 0 spiro atoms. The summed E-state index contributed by atoms with van der Waals surface area (Å²) in [5.41, 5.74) is 7.17. The zero-order chi connectivity index (χ0) is 13.1. The first-order chi connectivity index (χ1) is 9.35. The molecule has 0 amide bonds. The maximum absolute atomic E-state index is 5.79. The average Bonchev–Trinajstić information content (AvgIpc) is 2.93. The summed E-state index contributed by atoms with van der Waals surface area (Å²) in [6.45, 7) is 0.453. The van der Waals surface area contributed by atoms with E-state index in [0.717, 1.165) is 23.6 Å². The number of hydrogen-bond donors (Lipinski definition) is 2. The third-order valence-corrected chi connectivity index (χ3v) is 3.44. The fourth-order valence-electron chi connectivity index (χ4n) is 2.44. The number of ether oxygens (including phenoxy) is 1. The van der Waals surface area contributed by atoms with E-state index in [0.29, 0.717) is 6.61 Å². The van der Waals surface area contributed by atoms with Crippen LogP contribution in [0.5, 0.6) is 5.75 Å². The second kappa shape index (κ2) is 5.28. The number of benzene rings is 1. The lowest BCUT2D eigenvalue weighted by atomic mass is 10.1. The van der Waals surface area contributed by atoms with Crippen LogP contribution in [-0.2, 0) is 19.4 Å². The molecule has 98 valence electrons. The van der Waals surface area contributed by atoms with Crippen LogP contribution < -0.4 is 16.0 Å². The summed E-state index contributed by atoms with van der Waals surface area (Å²) >= 11 is 0. The lowest BCUT2D eigenvalue weighted by Gasteiger charge is -2.08. The van der Waals surface area contributed by atoms with Crippen molar-refractivity contribution in [2.75, 3.05) is 5.43 Å². The molecule has 1 aromatic heterocycles. The van der Waals surface area contributed by atoms with E-state index in [1.165, 1.54) is 24.0 Å². The molecule has 0 radical (unpaired) electrons. The van der Waals surface area contributed by atoms with E-state index in [4.69, 9.17) is 10.6 Å². The lowest BCUT2D eigenvalue weighted by molar-refractivity contribution is 0.301. The minimum Gasteiger partial charge on any atom is -0.487 e. The van der Waals surface area contributed by atoms with E-state index in [1.807, 2.05) is 18.2 Å². The SMILES string of the molecule is NNc1ccnc(COc2ccc3c(c2)CCC3)c1. The van der Waals surface area contributed by atoms with Crippen LogP contribution >= 0.6 is 0 Å². The van der Waals surface area contributed by atoms with Crippen molar-refractivity contribution in [3.05, 3.63) is 53.3 Å². The number of fused-ring (bicyclic) bond motifs is 1. The number of nitrogens with zero attached hydrogens (tertiary/aromatic N) is 1. The fraction of sp³-hybridized carbons (Fsp3) is 0.267. The van der Waals surface area contributed by atoms with Crippen molar-refractivity contribution in [1.82, 2.24) is 4.98 Å². The van der Waals surface area contributed by atoms with Gasteiger partial charge in [-0.1, -0.05) is 6.07 Å². The molecule has 0 saturated heterocycles. The number of nitrogen functional groups attached to an aromatic ring is 1. The Kier molecular flexibility index (Phi) is 3.33. The third kappa shape index (κ3) is 2.69. The Bertz CT molecular complexity index is 583. The van der Waals surface area contributed by atoms with Gasteiger partial charge in [-0.05, 0) is 54.7 Å². The van der Waals surface area contributed by atoms with Gasteiger partial charge in [-0.15, -0.1) is 0 Å². The van der Waals surface area contributed by atoms with E-state index >= 15 is 0 Å². The lowest BCUT2D eigenvalue weighted by Crippen LogP contribution is -2.08. The normalized spacial score (nSPS) is 13.1. The van der Waals surface area contributed by atoms with E-state index in [-0.39, 0.29) is 0 Å². The number of aryl methyl sites for hydroxylation is 2. The topological polar surface area (TPSA) is 60.2 Å². The Morgan fingerprint density at radius 3 is 2.95 bits per heavy atom. The molecule has 1 aromatic carbocycles. The molecule has 1 aliphatic rings. The summed E-state index contributed by atoms with van der Waals surface area (Å²) in [6, 6.07) is 10.1. The molecule has 0 aliphatic heterocycles. The highest BCUT2D eigenvalue weighted by Crippen LogP contribution is 2.26. The number of aromatic nitrogens is 1. The number of hydrogen-bond acceptors (Lipinski definition) is 4. The van der Waals surface area contributed by atoms with Crippen LogP contribution in [0.3, 0.4) is 0 Å². The molecule has 4 heteroatoms. The first kappa shape index (κ1) is 12.0. The second-order valence-corrected chi connectivity index (χ2v) is 4.75. The largest absolute Gasteiger partial charge is 0.487 e. The maximum Gasteiger partial charge on any atom is 0.130 e. The van der Waals surface area contributed by atoms with Gasteiger partial charge in [0.1, 0.15) is 12.4 Å². The number of pyridine rings is 1. The average molecular weight is 255 g/mol. The van der Waals surface area contributed by atoms with Gasteiger partial charge in [-0.3, -0.25) is 10.8 Å². The molecule has 3 N–H and O–H groups in total. The Morgan fingerprint density at radius 1 is 1.16 bits per heavy atom. The smallest absolute Gasteiger partial charge is 0.130 e. The number of nitrogens with one attached hydrogen (secondary N) is 1. The van der Waals surface area contributed by atoms with Crippen molar-refractivity contribution in [3.63, 3.8) is 0 Å². The Balaban J connectivity index is 1.68. The minimum absolute atomic E-state index is 0.453. The van der Waals surface area contributed by atoms with Gasteiger partial charge >= 0.3 is 0 Å². The zero-order valence-electron chi connectivity index (χ0n) is 10.7. The zero-order valence-corrected chi connectivity index (χ0v) is 10.7. The highest BCUT2D eigenvalue weighted by molar-refractivity contribution is 5.42. The van der Waals surface area contributed by atoms with Crippen LogP contribution in [0.25, 0.3) is 0 Å². The van der Waals surface area contributed by atoms with Crippen molar-refractivity contribution in [2.45, 2.75) is 25.9 Å². The highest BCUT2D eigenvalue weighted by atomic mass is 16.5. The number of hydrazine groups is 1. The van der Waals surface area contributed by atoms with Gasteiger partial charge < -0.3 is 10.2 Å². The van der Waals surface area contributed by atoms with Crippen LogP contribution in [0.4, 0.5) is 5.69 Å². The van der Waals surface area contributed by atoms with Crippen molar-refractivity contribution in [1.29, 1.82) is 0 Å². The number of anilines is 1. The van der Waals surface area contributed by atoms with Gasteiger partial charge in [-0.25, -0.2) is 0 Å². The van der Waals surface area contributed by atoms with Gasteiger partial charge in [-0.2, -0.15) is 0 Å². The predicted octanol–water partition coefficient (Wildman–Crippen LogP) is 2.43. The molecule has 19 heavy (non-hydrogen) atoms. The molecular weight excluding hydrogens is 238 g/mol. The summed E-state index contributed by atoms with van der Waals surface area (Å²) in [5, 5.41) is 0. The quantitative estimate of drug-likeness (QED) is 0.650. The summed E-state index contributed by atoms with van der Waals surface area (Å²) in [4.78, 5) is 4.25. The molecule has 1 aliphatic carbocycles. The monoisotopic (exact) mass is 255 g/mol. The van der Waals surface area contributed by atoms with Gasteiger partial charge in [0.05, 0.1) is 11.4 Å². The molecule has 3 rings (SSSR count). The molecule has 0 saturated carbocycles. The van der Waals surface area contributed by atoms with Crippen LogP contribution in [0.2, 0.25) is 0 Å². The molecule has 0 bridgehead atoms. The van der Waals surface area contributed by atoms with E-state index < -0.39 is 0 Å². The highest BCUT2D eigenvalue weighted by Gasteiger charge is 2.11. The standard InChI is InChI=1S/C15H17N3O/c16-18-13-6-7-17-14(9-13)10-19-15-5-4-11-2-1-3-12(11)8-15/h4-9H,1-3,10,16H2,(H,17,18). The van der Waals surface area contributed by atoms with Crippen molar-refractivity contribution in [2.24, 2.45) is 5.84 Å². The Labute approximate surface area is 112 Å². The molecule has 0 fully saturated rings. The van der Waals surface area contributed by atoms with E-state index in [1.54, 1.807) is 6.20 Å². The van der Waals surface area contributed by atoms with Crippen molar-refractivity contribution >= 4 is 5.69 Å². The summed E-state index contributed by atoms with van der Waals surface area (Å²) in [6.07, 6.45) is 5.33. The van der Waals surface area contributed by atoms with Gasteiger partial charge in [0.25, 0.3) is 0 Å². The third-order valence-electron chi connectivity index (χ3n) is 3.44. The van der Waals surface area contributed by atoms with Gasteiger partial charge in [0, 0.05) is 6.20 Å². The van der Waals surface area contributed by atoms with Crippen LogP contribution in [-0.4, -0.2) is 4.98 Å². The maximum atomic E-state index is 5.79. The first-order valence-electron chi connectivity index (χ1n) is 6.51. The molecule has 1 heterocycles. The molecular formula is C15H17N3O. The molecule has 4 nitrogen and oxygen atoms in total. The molecule has 0 atom stereocenters. The number of rotatable bonds is 4. The Hall–Kier alpha value is -2.07. The van der Waals surface area contributed by atoms with Crippen LogP contribution in [0.1, 0.15) is 23.2 Å².